The number of ether oxygens (including phenoxy) is 3. The van der Waals surface area contributed by atoms with Crippen LogP contribution in [-0.2, 0) is 0 Å². The second kappa shape index (κ2) is 5.39. The summed E-state index contributed by atoms with van der Waals surface area (Å²) in [6.07, 6.45) is 0.746. The maximum Gasteiger partial charge on any atom is 0.203 e. The first-order valence-electron chi connectivity index (χ1n) is 5.00. The Morgan fingerprint density at radius 3 is 2.19 bits per heavy atom. The first-order chi connectivity index (χ1) is 7.62. The lowest BCUT2D eigenvalue weighted by Gasteiger charge is -2.16. The van der Waals surface area contributed by atoms with Crippen LogP contribution in [0.2, 0.25) is 0 Å². The van der Waals surface area contributed by atoms with Gasteiger partial charge in [0.25, 0.3) is 0 Å². The smallest absolute Gasteiger partial charge is 0.203 e. The van der Waals surface area contributed by atoms with Crippen LogP contribution in [0.1, 0.15) is 24.2 Å². The van der Waals surface area contributed by atoms with Crippen molar-refractivity contribution in [1.82, 2.24) is 0 Å². The minimum Gasteiger partial charge on any atom is -0.493 e. The molecule has 0 aliphatic rings. The van der Waals surface area contributed by atoms with Crippen molar-refractivity contribution in [2.75, 3.05) is 14.2 Å². The Bertz CT molecular complexity index is 372. The van der Waals surface area contributed by atoms with E-state index in [2.05, 4.69) is 0 Å². The number of aldehydes is 1. The lowest BCUT2D eigenvalue weighted by Crippen LogP contribution is -2.07. The molecule has 0 N–H and O–H groups in total. The highest BCUT2D eigenvalue weighted by Gasteiger charge is 2.14. The van der Waals surface area contributed by atoms with Gasteiger partial charge in [0.2, 0.25) is 5.75 Å². The van der Waals surface area contributed by atoms with Crippen molar-refractivity contribution < 1.29 is 19.0 Å². The van der Waals surface area contributed by atoms with E-state index in [9.17, 15) is 4.79 Å². The van der Waals surface area contributed by atoms with E-state index in [-0.39, 0.29) is 6.10 Å². The zero-order valence-corrected chi connectivity index (χ0v) is 9.94. The van der Waals surface area contributed by atoms with E-state index in [0.29, 0.717) is 22.8 Å². The Morgan fingerprint density at radius 1 is 1.12 bits per heavy atom. The standard InChI is InChI=1S/C12H16O4/c1-8(2)16-11-6-9(7-13)5-10(14-3)12(11)15-4/h5-8H,1-4H3. The predicted molar refractivity (Wildman–Crippen MR) is 60.7 cm³/mol. The second-order valence-corrected chi connectivity index (χ2v) is 3.54. The maximum atomic E-state index is 10.8. The summed E-state index contributed by atoms with van der Waals surface area (Å²) in [5.74, 6) is 1.50. The average Bonchev–Trinajstić information content (AvgIpc) is 2.27. The van der Waals surface area contributed by atoms with Gasteiger partial charge in [-0.15, -0.1) is 0 Å². The molecule has 1 rings (SSSR count). The molecule has 4 heteroatoms. The summed E-state index contributed by atoms with van der Waals surface area (Å²) in [7, 11) is 3.05. The summed E-state index contributed by atoms with van der Waals surface area (Å²) in [6.45, 7) is 3.80. The first-order valence-corrected chi connectivity index (χ1v) is 5.00. The van der Waals surface area contributed by atoms with Crippen LogP contribution in [0.15, 0.2) is 12.1 Å². The molecule has 4 nitrogen and oxygen atoms in total. The molecule has 0 fully saturated rings. The molecule has 0 saturated carbocycles. The molecular formula is C12H16O4. The van der Waals surface area contributed by atoms with Gasteiger partial charge in [0.1, 0.15) is 6.29 Å². The molecule has 0 aromatic heterocycles. The highest BCUT2D eigenvalue weighted by Crippen LogP contribution is 2.38. The van der Waals surface area contributed by atoms with Crippen LogP contribution < -0.4 is 14.2 Å². The van der Waals surface area contributed by atoms with Gasteiger partial charge in [0.05, 0.1) is 20.3 Å². The van der Waals surface area contributed by atoms with Crippen molar-refractivity contribution in [1.29, 1.82) is 0 Å². The van der Waals surface area contributed by atoms with Crippen LogP contribution in [0, 0.1) is 0 Å². The molecular weight excluding hydrogens is 208 g/mol. The molecule has 0 bridgehead atoms. The maximum absolute atomic E-state index is 10.8. The van der Waals surface area contributed by atoms with Crippen molar-refractivity contribution in [2.45, 2.75) is 20.0 Å². The molecule has 1 aromatic rings. The number of carbonyl (C=O) groups is 1. The lowest BCUT2D eigenvalue weighted by atomic mass is 10.2. The SMILES string of the molecule is COc1cc(C=O)cc(OC(C)C)c1OC. The van der Waals surface area contributed by atoms with E-state index >= 15 is 0 Å². The third-order valence-electron chi connectivity index (χ3n) is 1.97. The van der Waals surface area contributed by atoms with Crippen molar-refractivity contribution in [2.24, 2.45) is 0 Å². The van der Waals surface area contributed by atoms with Crippen LogP contribution in [0.4, 0.5) is 0 Å². The van der Waals surface area contributed by atoms with Gasteiger partial charge in [0.15, 0.2) is 11.5 Å². The normalized spacial score (nSPS) is 10.1. The topological polar surface area (TPSA) is 44.8 Å². The second-order valence-electron chi connectivity index (χ2n) is 3.54. The van der Waals surface area contributed by atoms with Crippen LogP contribution >= 0.6 is 0 Å². The minimum atomic E-state index is 0.000471. The fourth-order valence-corrected chi connectivity index (χ4v) is 1.36. The summed E-state index contributed by atoms with van der Waals surface area (Å²) in [5, 5.41) is 0. The van der Waals surface area contributed by atoms with Gasteiger partial charge in [-0.25, -0.2) is 0 Å². The Labute approximate surface area is 95.1 Å². The van der Waals surface area contributed by atoms with Crippen molar-refractivity contribution in [3.8, 4) is 17.2 Å². The number of hydrogen-bond acceptors (Lipinski definition) is 4. The van der Waals surface area contributed by atoms with Gasteiger partial charge in [-0.2, -0.15) is 0 Å². The number of benzene rings is 1. The van der Waals surface area contributed by atoms with E-state index in [1.165, 1.54) is 14.2 Å². The molecule has 0 heterocycles. The summed E-state index contributed by atoms with van der Waals surface area (Å²) in [4.78, 5) is 10.8. The number of methoxy groups -OCH3 is 2. The van der Waals surface area contributed by atoms with Crippen LogP contribution in [-0.4, -0.2) is 26.6 Å². The molecule has 0 aliphatic carbocycles. The molecule has 0 aliphatic heterocycles. The van der Waals surface area contributed by atoms with Crippen molar-refractivity contribution >= 4 is 6.29 Å². The fourth-order valence-electron chi connectivity index (χ4n) is 1.36. The Balaban J connectivity index is 3.25. The van der Waals surface area contributed by atoms with E-state index in [4.69, 9.17) is 14.2 Å². The van der Waals surface area contributed by atoms with Crippen molar-refractivity contribution in [3.05, 3.63) is 17.7 Å². The van der Waals surface area contributed by atoms with Gasteiger partial charge in [-0.1, -0.05) is 0 Å². The Hall–Kier alpha value is -1.71. The highest BCUT2D eigenvalue weighted by molar-refractivity contribution is 5.78. The summed E-state index contributed by atoms with van der Waals surface area (Å²) < 4.78 is 15.9. The molecule has 0 atom stereocenters. The first kappa shape index (κ1) is 12.4. The third kappa shape index (κ3) is 2.66. The predicted octanol–water partition coefficient (Wildman–Crippen LogP) is 2.30. The number of rotatable bonds is 5. The average molecular weight is 224 g/mol. The quantitative estimate of drug-likeness (QED) is 0.720. The summed E-state index contributed by atoms with van der Waals surface area (Å²) >= 11 is 0. The third-order valence-corrected chi connectivity index (χ3v) is 1.97. The molecule has 0 radical (unpaired) electrons. The summed E-state index contributed by atoms with van der Waals surface area (Å²) in [5.41, 5.74) is 0.494. The monoisotopic (exact) mass is 224 g/mol. The molecule has 0 amide bonds. The van der Waals surface area contributed by atoms with Gasteiger partial charge in [-0.05, 0) is 26.0 Å². The van der Waals surface area contributed by atoms with Crippen molar-refractivity contribution in [3.63, 3.8) is 0 Å². The Morgan fingerprint density at radius 2 is 1.75 bits per heavy atom. The zero-order chi connectivity index (χ0) is 12.1. The largest absolute Gasteiger partial charge is 0.493 e. The van der Waals surface area contributed by atoms with Crippen LogP contribution in [0.3, 0.4) is 0 Å². The number of hydrogen-bond donors (Lipinski definition) is 0. The lowest BCUT2D eigenvalue weighted by molar-refractivity contribution is 0.112. The zero-order valence-electron chi connectivity index (χ0n) is 9.94. The molecule has 0 unspecified atom stereocenters. The van der Waals surface area contributed by atoms with Gasteiger partial charge < -0.3 is 14.2 Å². The molecule has 16 heavy (non-hydrogen) atoms. The fraction of sp³-hybridized carbons (Fsp3) is 0.417. The van der Waals surface area contributed by atoms with Crippen LogP contribution in [0.5, 0.6) is 17.2 Å². The molecule has 0 spiro atoms. The molecule has 1 aromatic carbocycles. The van der Waals surface area contributed by atoms with E-state index in [1.807, 2.05) is 13.8 Å². The van der Waals surface area contributed by atoms with Gasteiger partial charge >= 0.3 is 0 Å². The van der Waals surface area contributed by atoms with Crippen LogP contribution in [0.25, 0.3) is 0 Å². The minimum absolute atomic E-state index is 0.000471. The van der Waals surface area contributed by atoms with E-state index in [1.54, 1.807) is 12.1 Å². The van der Waals surface area contributed by atoms with E-state index in [0.717, 1.165) is 6.29 Å². The molecule has 0 saturated heterocycles. The molecule has 88 valence electrons. The van der Waals surface area contributed by atoms with Gasteiger partial charge in [-0.3, -0.25) is 4.79 Å². The highest BCUT2D eigenvalue weighted by atomic mass is 16.5. The number of carbonyl (C=O) groups excluding carboxylic acids is 1. The van der Waals surface area contributed by atoms with Gasteiger partial charge in [0, 0.05) is 5.56 Å². The Kier molecular flexibility index (Phi) is 4.17. The summed E-state index contributed by atoms with van der Waals surface area (Å²) in [6, 6.07) is 3.24. The van der Waals surface area contributed by atoms with E-state index < -0.39 is 0 Å².